The topological polar surface area (TPSA) is 38.5 Å². The van der Waals surface area contributed by atoms with Crippen molar-refractivity contribution in [3.63, 3.8) is 0 Å². The van der Waals surface area contributed by atoms with Crippen molar-refractivity contribution in [2.24, 2.45) is 5.73 Å². The number of rotatable bonds is 5. The Balaban J connectivity index is 1.82. The van der Waals surface area contributed by atoms with Crippen molar-refractivity contribution in [1.29, 1.82) is 0 Å². The van der Waals surface area contributed by atoms with Gasteiger partial charge in [0, 0.05) is 35.7 Å². The molecule has 0 bridgehead atoms. The van der Waals surface area contributed by atoms with Crippen LogP contribution in [0.2, 0.25) is 5.02 Å². The van der Waals surface area contributed by atoms with Crippen LogP contribution in [-0.2, 0) is 4.74 Å². The van der Waals surface area contributed by atoms with Gasteiger partial charge in [-0.25, -0.2) is 0 Å². The number of likely N-dealkylation sites (tertiary alicyclic amines) is 1. The lowest BCUT2D eigenvalue weighted by Crippen LogP contribution is -2.38. The molecule has 1 aliphatic heterocycles. The van der Waals surface area contributed by atoms with Gasteiger partial charge in [-0.05, 0) is 43.5 Å². The van der Waals surface area contributed by atoms with E-state index in [0.717, 1.165) is 54.0 Å². The van der Waals surface area contributed by atoms with Crippen LogP contribution >= 0.6 is 27.5 Å². The lowest BCUT2D eigenvalue weighted by molar-refractivity contribution is 0.0404. The highest BCUT2D eigenvalue weighted by Crippen LogP contribution is 2.27. The zero-order valence-electron chi connectivity index (χ0n) is 11.8. The SMILES string of the molecule is COC1CCN(CCC(N)c2ccc(Br)cc2Cl)CC1. The number of ether oxygens (including phenoxy) is 1. The molecule has 3 nitrogen and oxygen atoms in total. The summed E-state index contributed by atoms with van der Waals surface area (Å²) in [5.41, 5.74) is 7.29. The Kier molecular flexibility index (Phi) is 6.30. The Morgan fingerprint density at radius 1 is 1.45 bits per heavy atom. The molecule has 20 heavy (non-hydrogen) atoms. The maximum absolute atomic E-state index is 6.27. The maximum Gasteiger partial charge on any atom is 0.0595 e. The van der Waals surface area contributed by atoms with Crippen molar-refractivity contribution in [2.75, 3.05) is 26.7 Å². The van der Waals surface area contributed by atoms with Gasteiger partial charge in [0.05, 0.1) is 6.10 Å². The van der Waals surface area contributed by atoms with Crippen molar-refractivity contribution in [3.8, 4) is 0 Å². The fraction of sp³-hybridized carbons (Fsp3) is 0.600. The Morgan fingerprint density at radius 2 is 2.15 bits per heavy atom. The van der Waals surface area contributed by atoms with E-state index in [1.807, 2.05) is 18.2 Å². The third kappa shape index (κ3) is 4.43. The van der Waals surface area contributed by atoms with Gasteiger partial charge >= 0.3 is 0 Å². The van der Waals surface area contributed by atoms with Crippen molar-refractivity contribution in [2.45, 2.75) is 31.4 Å². The first kappa shape index (κ1) is 16.2. The molecule has 1 aromatic rings. The molecule has 0 aromatic heterocycles. The highest BCUT2D eigenvalue weighted by Gasteiger charge is 2.19. The monoisotopic (exact) mass is 360 g/mol. The lowest BCUT2D eigenvalue weighted by atomic mass is 10.0. The molecule has 1 heterocycles. The molecule has 1 unspecified atom stereocenters. The number of nitrogens with two attached hydrogens (primary N) is 1. The fourth-order valence-corrected chi connectivity index (χ4v) is 3.46. The van der Waals surface area contributed by atoms with Crippen molar-refractivity contribution in [3.05, 3.63) is 33.3 Å². The number of nitrogens with zero attached hydrogens (tertiary/aromatic N) is 1. The van der Waals surface area contributed by atoms with Crippen LogP contribution in [0.5, 0.6) is 0 Å². The van der Waals surface area contributed by atoms with Gasteiger partial charge in [0.1, 0.15) is 0 Å². The van der Waals surface area contributed by atoms with E-state index in [9.17, 15) is 0 Å². The zero-order chi connectivity index (χ0) is 14.5. The zero-order valence-corrected chi connectivity index (χ0v) is 14.2. The standard InChI is InChI=1S/C15H22BrClN2O/c1-20-12-4-7-19(8-5-12)9-6-15(18)13-3-2-11(16)10-14(13)17/h2-3,10,12,15H,4-9,18H2,1H3. The van der Waals surface area contributed by atoms with Crippen LogP contribution in [0.4, 0.5) is 0 Å². The first-order valence-corrected chi connectivity index (χ1v) is 8.23. The molecule has 1 fully saturated rings. The van der Waals surface area contributed by atoms with Crippen molar-refractivity contribution >= 4 is 27.5 Å². The summed E-state index contributed by atoms with van der Waals surface area (Å²) in [6, 6.07) is 5.90. The summed E-state index contributed by atoms with van der Waals surface area (Å²) in [7, 11) is 1.80. The van der Waals surface area contributed by atoms with Crippen molar-refractivity contribution < 1.29 is 4.74 Å². The Hall–Kier alpha value is -0.130. The van der Waals surface area contributed by atoms with Crippen LogP contribution in [0.1, 0.15) is 30.9 Å². The first-order valence-electron chi connectivity index (χ1n) is 7.06. The second-order valence-electron chi connectivity index (χ2n) is 5.34. The summed E-state index contributed by atoms with van der Waals surface area (Å²) in [6.07, 6.45) is 3.59. The summed E-state index contributed by atoms with van der Waals surface area (Å²) in [5, 5.41) is 0.741. The summed E-state index contributed by atoms with van der Waals surface area (Å²) in [6.45, 7) is 3.21. The van der Waals surface area contributed by atoms with Gasteiger partial charge in [-0.3, -0.25) is 0 Å². The summed E-state index contributed by atoms with van der Waals surface area (Å²) < 4.78 is 6.37. The summed E-state index contributed by atoms with van der Waals surface area (Å²) in [5.74, 6) is 0. The molecule has 1 aliphatic rings. The van der Waals surface area contributed by atoms with E-state index in [2.05, 4.69) is 20.8 Å². The molecule has 1 atom stereocenters. The molecule has 0 saturated carbocycles. The number of piperidine rings is 1. The molecule has 1 saturated heterocycles. The minimum absolute atomic E-state index is 0.00394. The predicted molar refractivity (Wildman–Crippen MR) is 87.2 cm³/mol. The Bertz CT molecular complexity index is 436. The van der Waals surface area contributed by atoms with E-state index in [4.69, 9.17) is 22.1 Å². The quantitative estimate of drug-likeness (QED) is 0.871. The van der Waals surface area contributed by atoms with Gasteiger partial charge in [0.15, 0.2) is 0 Å². The number of benzene rings is 1. The van der Waals surface area contributed by atoms with Gasteiger partial charge in [0.2, 0.25) is 0 Å². The van der Waals surface area contributed by atoms with E-state index < -0.39 is 0 Å². The van der Waals surface area contributed by atoms with E-state index >= 15 is 0 Å². The van der Waals surface area contributed by atoms with Gasteiger partial charge in [-0.1, -0.05) is 33.6 Å². The van der Waals surface area contributed by atoms with Crippen LogP contribution in [-0.4, -0.2) is 37.7 Å². The molecule has 0 spiro atoms. The second kappa shape index (κ2) is 7.76. The molecule has 0 radical (unpaired) electrons. The normalized spacial score (nSPS) is 19.2. The molecule has 2 rings (SSSR count). The molecule has 0 amide bonds. The van der Waals surface area contributed by atoms with Crippen LogP contribution in [0.15, 0.2) is 22.7 Å². The minimum atomic E-state index is -0.00394. The molecular weight excluding hydrogens is 340 g/mol. The molecule has 2 N–H and O–H groups in total. The van der Waals surface area contributed by atoms with Crippen LogP contribution in [0.25, 0.3) is 0 Å². The Morgan fingerprint density at radius 3 is 2.75 bits per heavy atom. The summed E-state index contributed by atoms with van der Waals surface area (Å²) in [4.78, 5) is 2.46. The van der Waals surface area contributed by atoms with E-state index in [1.54, 1.807) is 7.11 Å². The second-order valence-corrected chi connectivity index (χ2v) is 6.66. The third-order valence-corrected chi connectivity index (χ3v) is 4.81. The average Bonchev–Trinajstić information content (AvgIpc) is 2.45. The molecule has 5 heteroatoms. The van der Waals surface area contributed by atoms with Crippen LogP contribution < -0.4 is 5.73 Å². The van der Waals surface area contributed by atoms with Gasteiger partial charge in [0.25, 0.3) is 0 Å². The fourth-order valence-electron chi connectivity index (χ4n) is 2.65. The number of halogens is 2. The van der Waals surface area contributed by atoms with Gasteiger partial charge in [-0.2, -0.15) is 0 Å². The predicted octanol–water partition coefficient (Wildman–Crippen LogP) is 3.60. The van der Waals surface area contributed by atoms with E-state index in [0.29, 0.717) is 6.10 Å². The highest BCUT2D eigenvalue weighted by molar-refractivity contribution is 9.10. The maximum atomic E-state index is 6.27. The molecular formula is C15H22BrClN2O. The Labute approximate surface area is 134 Å². The number of methoxy groups -OCH3 is 1. The molecule has 112 valence electrons. The van der Waals surface area contributed by atoms with Crippen LogP contribution in [0, 0.1) is 0 Å². The van der Waals surface area contributed by atoms with Gasteiger partial charge in [-0.15, -0.1) is 0 Å². The van der Waals surface area contributed by atoms with Crippen molar-refractivity contribution in [1.82, 2.24) is 4.90 Å². The summed E-state index contributed by atoms with van der Waals surface area (Å²) >= 11 is 9.66. The molecule has 1 aromatic carbocycles. The number of hydrogen-bond donors (Lipinski definition) is 1. The van der Waals surface area contributed by atoms with Gasteiger partial charge < -0.3 is 15.4 Å². The first-order chi connectivity index (χ1) is 9.60. The molecule has 0 aliphatic carbocycles. The smallest absolute Gasteiger partial charge is 0.0595 e. The van der Waals surface area contributed by atoms with E-state index in [1.165, 1.54) is 0 Å². The highest BCUT2D eigenvalue weighted by atomic mass is 79.9. The largest absolute Gasteiger partial charge is 0.381 e. The average molecular weight is 362 g/mol. The third-order valence-electron chi connectivity index (χ3n) is 3.99. The van der Waals surface area contributed by atoms with Crippen LogP contribution in [0.3, 0.4) is 0 Å². The lowest BCUT2D eigenvalue weighted by Gasteiger charge is -2.31. The van der Waals surface area contributed by atoms with E-state index in [-0.39, 0.29) is 6.04 Å². The number of hydrogen-bond acceptors (Lipinski definition) is 3. The minimum Gasteiger partial charge on any atom is -0.381 e.